The highest BCUT2D eigenvalue weighted by molar-refractivity contribution is 5.97. The number of unbranched alkanes of at least 4 members (excludes halogenated alkanes) is 2. The third kappa shape index (κ3) is 4.31. The van der Waals surface area contributed by atoms with Crippen LogP contribution in [0.1, 0.15) is 42.1 Å². The second kappa shape index (κ2) is 8.44. The van der Waals surface area contributed by atoms with Crippen molar-refractivity contribution in [2.45, 2.75) is 39.3 Å². The Bertz CT molecular complexity index is 1050. The predicted octanol–water partition coefficient (Wildman–Crippen LogP) is 2.21. The van der Waals surface area contributed by atoms with E-state index in [1.807, 2.05) is 6.07 Å². The van der Waals surface area contributed by atoms with Crippen LogP contribution in [-0.2, 0) is 13.1 Å². The van der Waals surface area contributed by atoms with Crippen molar-refractivity contribution in [3.05, 3.63) is 74.7 Å². The highest BCUT2D eigenvalue weighted by Gasteiger charge is 2.11. The lowest BCUT2D eigenvalue weighted by Gasteiger charge is -2.08. The highest BCUT2D eigenvalue weighted by Crippen LogP contribution is 2.10. The molecule has 0 saturated heterocycles. The summed E-state index contributed by atoms with van der Waals surface area (Å²) in [5, 5.41) is 3.20. The minimum atomic E-state index is -0.448. The summed E-state index contributed by atoms with van der Waals surface area (Å²) < 4.78 is 1.22. The molecule has 0 saturated carbocycles. The number of aromatic nitrogens is 3. The maximum Gasteiger partial charge on any atom is 0.328 e. The second-order valence-corrected chi connectivity index (χ2v) is 6.40. The Morgan fingerprint density at radius 2 is 2.07 bits per heavy atom. The number of H-pyrrole nitrogens is 1. The van der Waals surface area contributed by atoms with E-state index in [1.54, 1.807) is 30.6 Å². The Hall–Kier alpha value is -3.22. The summed E-state index contributed by atoms with van der Waals surface area (Å²) in [4.78, 5) is 43.9. The smallest absolute Gasteiger partial charge is 0.328 e. The summed E-state index contributed by atoms with van der Waals surface area (Å²) >= 11 is 0. The van der Waals surface area contributed by atoms with Gasteiger partial charge in [-0.1, -0.05) is 25.8 Å². The van der Waals surface area contributed by atoms with E-state index in [0.29, 0.717) is 29.6 Å². The molecule has 0 unspecified atom stereocenters. The molecule has 1 aromatic carbocycles. The van der Waals surface area contributed by atoms with Crippen molar-refractivity contribution < 1.29 is 4.79 Å². The van der Waals surface area contributed by atoms with Gasteiger partial charge >= 0.3 is 5.69 Å². The summed E-state index contributed by atoms with van der Waals surface area (Å²) in [5.74, 6) is -0.284. The Morgan fingerprint density at radius 3 is 2.81 bits per heavy atom. The topological polar surface area (TPSA) is 96.8 Å². The Balaban J connectivity index is 1.82. The Morgan fingerprint density at radius 1 is 1.22 bits per heavy atom. The molecule has 3 rings (SSSR count). The molecule has 27 heavy (non-hydrogen) atoms. The largest absolute Gasteiger partial charge is 0.348 e. The van der Waals surface area contributed by atoms with Gasteiger partial charge in [-0.25, -0.2) is 4.79 Å². The van der Waals surface area contributed by atoms with E-state index in [-0.39, 0.29) is 11.5 Å². The summed E-state index contributed by atoms with van der Waals surface area (Å²) in [5.41, 5.74) is 0.856. The molecule has 7 nitrogen and oxygen atoms in total. The number of carbonyl (C=O) groups excluding carboxylic acids is 1. The van der Waals surface area contributed by atoms with Gasteiger partial charge in [-0.15, -0.1) is 0 Å². The summed E-state index contributed by atoms with van der Waals surface area (Å²) in [6, 6.07) is 8.38. The number of hydrogen-bond donors (Lipinski definition) is 2. The molecule has 3 aromatic rings. The first-order chi connectivity index (χ1) is 13.1. The van der Waals surface area contributed by atoms with E-state index < -0.39 is 5.69 Å². The quantitative estimate of drug-likeness (QED) is 0.627. The van der Waals surface area contributed by atoms with Gasteiger partial charge in [-0.3, -0.25) is 19.1 Å². The van der Waals surface area contributed by atoms with E-state index in [2.05, 4.69) is 22.2 Å². The highest BCUT2D eigenvalue weighted by atomic mass is 16.2. The molecule has 0 spiro atoms. The van der Waals surface area contributed by atoms with Crippen molar-refractivity contribution in [3.8, 4) is 0 Å². The molecular weight excluding hydrogens is 344 g/mol. The molecule has 2 heterocycles. The standard InChI is InChI=1S/C20H22N4O3/c1-2-3-4-10-24-19(26)16-8-7-15(11-17(16)23-20(24)27)18(25)22-13-14-6-5-9-21-12-14/h5-9,11-12H,2-4,10,13H2,1H3,(H,22,25)(H,23,27). The lowest BCUT2D eigenvalue weighted by atomic mass is 10.1. The monoisotopic (exact) mass is 366 g/mol. The fraction of sp³-hybridized carbons (Fsp3) is 0.300. The van der Waals surface area contributed by atoms with E-state index in [9.17, 15) is 14.4 Å². The number of rotatable bonds is 7. The third-order valence-electron chi connectivity index (χ3n) is 4.41. The number of pyridine rings is 1. The minimum Gasteiger partial charge on any atom is -0.348 e. The van der Waals surface area contributed by atoms with Crippen molar-refractivity contribution >= 4 is 16.8 Å². The maximum atomic E-state index is 12.6. The number of benzene rings is 1. The van der Waals surface area contributed by atoms with Gasteiger partial charge in [0.25, 0.3) is 11.5 Å². The van der Waals surface area contributed by atoms with E-state index in [4.69, 9.17) is 0 Å². The Labute approximate surface area is 156 Å². The van der Waals surface area contributed by atoms with Crippen LogP contribution in [0.15, 0.2) is 52.3 Å². The van der Waals surface area contributed by atoms with Crippen molar-refractivity contribution in [1.82, 2.24) is 19.9 Å². The zero-order valence-corrected chi connectivity index (χ0v) is 15.2. The number of carbonyl (C=O) groups is 1. The molecule has 0 fully saturated rings. The lowest BCUT2D eigenvalue weighted by Crippen LogP contribution is -2.35. The number of amides is 1. The molecule has 0 aliphatic heterocycles. The first-order valence-electron chi connectivity index (χ1n) is 9.04. The van der Waals surface area contributed by atoms with Gasteiger partial charge in [0.1, 0.15) is 0 Å². The first-order valence-corrected chi connectivity index (χ1v) is 9.04. The van der Waals surface area contributed by atoms with Gasteiger partial charge in [0.15, 0.2) is 0 Å². The summed E-state index contributed by atoms with van der Waals surface area (Å²) in [6.07, 6.45) is 6.09. The van der Waals surface area contributed by atoms with Gasteiger partial charge in [0.05, 0.1) is 10.9 Å². The van der Waals surface area contributed by atoms with Gasteiger partial charge < -0.3 is 10.3 Å². The van der Waals surface area contributed by atoms with Crippen LogP contribution in [-0.4, -0.2) is 20.4 Å². The van der Waals surface area contributed by atoms with E-state index in [0.717, 1.165) is 24.8 Å². The zero-order valence-electron chi connectivity index (χ0n) is 15.2. The molecule has 2 aromatic heterocycles. The Kier molecular flexibility index (Phi) is 5.80. The van der Waals surface area contributed by atoms with Crippen molar-refractivity contribution in [2.24, 2.45) is 0 Å². The molecular formula is C20H22N4O3. The molecule has 0 bridgehead atoms. The normalized spacial score (nSPS) is 10.9. The van der Waals surface area contributed by atoms with Gasteiger partial charge in [-0.05, 0) is 36.2 Å². The van der Waals surface area contributed by atoms with Crippen LogP contribution in [0.5, 0.6) is 0 Å². The van der Waals surface area contributed by atoms with Crippen LogP contribution in [0.4, 0.5) is 0 Å². The van der Waals surface area contributed by atoms with Crippen molar-refractivity contribution in [2.75, 3.05) is 0 Å². The SMILES string of the molecule is CCCCCn1c(=O)[nH]c2cc(C(=O)NCc3cccnc3)ccc2c1=O. The average Bonchev–Trinajstić information content (AvgIpc) is 2.69. The van der Waals surface area contributed by atoms with Crippen LogP contribution < -0.4 is 16.6 Å². The number of aromatic amines is 1. The summed E-state index contributed by atoms with van der Waals surface area (Å²) in [6.45, 7) is 2.81. The molecule has 0 radical (unpaired) electrons. The number of nitrogens with one attached hydrogen (secondary N) is 2. The second-order valence-electron chi connectivity index (χ2n) is 6.40. The number of hydrogen-bond acceptors (Lipinski definition) is 4. The molecule has 0 atom stereocenters. The van der Waals surface area contributed by atoms with Gasteiger partial charge in [-0.2, -0.15) is 0 Å². The third-order valence-corrected chi connectivity index (χ3v) is 4.41. The van der Waals surface area contributed by atoms with Gasteiger partial charge in [0.2, 0.25) is 0 Å². The van der Waals surface area contributed by atoms with Crippen LogP contribution >= 0.6 is 0 Å². The first kappa shape index (κ1) is 18.6. The predicted molar refractivity (Wildman–Crippen MR) is 104 cm³/mol. The van der Waals surface area contributed by atoms with Crippen LogP contribution in [0, 0.1) is 0 Å². The van der Waals surface area contributed by atoms with E-state index in [1.165, 1.54) is 10.6 Å². The molecule has 2 N–H and O–H groups in total. The average molecular weight is 366 g/mol. The molecule has 0 aliphatic carbocycles. The maximum absolute atomic E-state index is 12.6. The van der Waals surface area contributed by atoms with Crippen LogP contribution in [0.3, 0.4) is 0 Å². The fourth-order valence-electron chi connectivity index (χ4n) is 2.91. The molecule has 1 amide bonds. The van der Waals surface area contributed by atoms with Crippen LogP contribution in [0.25, 0.3) is 10.9 Å². The molecule has 0 aliphatic rings. The van der Waals surface area contributed by atoms with Crippen molar-refractivity contribution in [3.63, 3.8) is 0 Å². The minimum absolute atomic E-state index is 0.284. The molecule has 7 heteroatoms. The fourth-order valence-corrected chi connectivity index (χ4v) is 2.91. The van der Waals surface area contributed by atoms with Crippen molar-refractivity contribution in [1.29, 1.82) is 0 Å². The number of nitrogens with zero attached hydrogens (tertiary/aromatic N) is 2. The summed E-state index contributed by atoms with van der Waals surface area (Å²) in [7, 11) is 0. The number of fused-ring (bicyclic) bond motifs is 1. The van der Waals surface area contributed by atoms with E-state index >= 15 is 0 Å². The lowest BCUT2D eigenvalue weighted by molar-refractivity contribution is 0.0951. The zero-order chi connectivity index (χ0) is 19.2. The van der Waals surface area contributed by atoms with Crippen LogP contribution in [0.2, 0.25) is 0 Å². The van der Waals surface area contributed by atoms with Gasteiger partial charge in [0, 0.05) is 31.0 Å². The molecule has 140 valence electrons.